The molecule has 0 aliphatic carbocycles. The smallest absolute Gasteiger partial charge is 0.337 e. The van der Waals surface area contributed by atoms with Crippen LogP contribution in [-0.2, 0) is 11.3 Å². The zero-order valence-corrected chi connectivity index (χ0v) is 12.5. The fraction of sp³-hybridized carbons (Fsp3) is 0.125. The number of methoxy groups -OCH3 is 1. The molecular formula is C16H15N5O2. The van der Waals surface area contributed by atoms with Gasteiger partial charge in [-0.15, -0.1) is 5.10 Å². The summed E-state index contributed by atoms with van der Waals surface area (Å²) in [6, 6.07) is 14.6. The Bertz CT molecular complexity index is 809. The van der Waals surface area contributed by atoms with E-state index in [9.17, 15) is 4.79 Å². The van der Waals surface area contributed by atoms with Gasteiger partial charge in [-0.05, 0) is 40.3 Å². The van der Waals surface area contributed by atoms with Crippen molar-refractivity contribution in [1.29, 1.82) is 0 Å². The molecular weight excluding hydrogens is 294 g/mol. The van der Waals surface area contributed by atoms with E-state index in [0.29, 0.717) is 17.9 Å². The van der Waals surface area contributed by atoms with E-state index < -0.39 is 0 Å². The van der Waals surface area contributed by atoms with Gasteiger partial charge in [0.05, 0.1) is 18.4 Å². The minimum atomic E-state index is -0.383. The molecule has 3 aromatic rings. The Balaban J connectivity index is 1.95. The number of hydrogen-bond acceptors (Lipinski definition) is 6. The Morgan fingerprint density at radius 1 is 1.13 bits per heavy atom. The molecule has 7 nitrogen and oxygen atoms in total. The number of nitrogens with two attached hydrogens (primary N) is 1. The van der Waals surface area contributed by atoms with Crippen LogP contribution in [0.2, 0.25) is 0 Å². The van der Waals surface area contributed by atoms with Crippen LogP contribution in [0.25, 0.3) is 17.1 Å². The number of esters is 1. The largest absolute Gasteiger partial charge is 0.465 e. The minimum Gasteiger partial charge on any atom is -0.465 e. The van der Waals surface area contributed by atoms with Gasteiger partial charge in [0.25, 0.3) is 0 Å². The van der Waals surface area contributed by atoms with Crippen molar-refractivity contribution in [2.75, 3.05) is 7.11 Å². The van der Waals surface area contributed by atoms with Crippen molar-refractivity contribution in [2.24, 2.45) is 5.73 Å². The lowest BCUT2D eigenvalue weighted by molar-refractivity contribution is 0.0601. The van der Waals surface area contributed by atoms with E-state index in [4.69, 9.17) is 5.73 Å². The van der Waals surface area contributed by atoms with Gasteiger partial charge in [0.15, 0.2) is 5.82 Å². The van der Waals surface area contributed by atoms with Crippen LogP contribution >= 0.6 is 0 Å². The zero-order valence-electron chi connectivity index (χ0n) is 12.5. The van der Waals surface area contributed by atoms with E-state index in [2.05, 4.69) is 20.3 Å². The lowest BCUT2D eigenvalue weighted by Crippen LogP contribution is -2.03. The van der Waals surface area contributed by atoms with Crippen LogP contribution in [0.1, 0.15) is 15.9 Å². The Morgan fingerprint density at radius 3 is 2.43 bits per heavy atom. The maximum atomic E-state index is 11.5. The first-order valence-corrected chi connectivity index (χ1v) is 6.99. The van der Waals surface area contributed by atoms with E-state index in [1.165, 1.54) is 7.11 Å². The summed E-state index contributed by atoms with van der Waals surface area (Å²) >= 11 is 0. The molecule has 0 aliphatic heterocycles. The number of aromatic nitrogens is 4. The highest BCUT2D eigenvalue weighted by Gasteiger charge is 2.12. The molecule has 2 aromatic carbocycles. The standard InChI is InChI=1S/C16H15N5O2/c1-23-16(22)13-6-8-14(9-7-13)21-15(18-19-20-21)12-4-2-11(10-17)3-5-12/h2-9H,10,17H2,1H3. The van der Waals surface area contributed by atoms with Gasteiger partial charge < -0.3 is 10.5 Å². The summed E-state index contributed by atoms with van der Waals surface area (Å²) in [6.45, 7) is 0.486. The average molecular weight is 309 g/mol. The van der Waals surface area contributed by atoms with Crippen LogP contribution in [0.3, 0.4) is 0 Å². The molecule has 0 saturated heterocycles. The van der Waals surface area contributed by atoms with Gasteiger partial charge in [0, 0.05) is 12.1 Å². The summed E-state index contributed by atoms with van der Waals surface area (Å²) in [5, 5.41) is 11.8. The third kappa shape index (κ3) is 2.95. The van der Waals surface area contributed by atoms with Crippen LogP contribution in [0.5, 0.6) is 0 Å². The number of carbonyl (C=O) groups is 1. The molecule has 0 bridgehead atoms. The number of ether oxygens (including phenoxy) is 1. The van der Waals surface area contributed by atoms with Crippen LogP contribution in [0.4, 0.5) is 0 Å². The first-order valence-electron chi connectivity index (χ1n) is 6.99. The molecule has 2 N–H and O–H groups in total. The molecule has 1 aromatic heterocycles. The number of benzene rings is 2. The number of carbonyl (C=O) groups excluding carboxylic acids is 1. The monoisotopic (exact) mass is 309 g/mol. The number of tetrazole rings is 1. The van der Waals surface area contributed by atoms with E-state index in [1.54, 1.807) is 28.9 Å². The number of nitrogens with zero attached hydrogens (tertiary/aromatic N) is 4. The Labute approximate surface area is 132 Å². The van der Waals surface area contributed by atoms with Gasteiger partial charge in [-0.3, -0.25) is 0 Å². The van der Waals surface area contributed by atoms with Crippen molar-refractivity contribution in [2.45, 2.75) is 6.54 Å². The lowest BCUT2D eigenvalue weighted by atomic mass is 10.1. The third-order valence-corrected chi connectivity index (χ3v) is 3.45. The second kappa shape index (κ2) is 6.37. The molecule has 0 fully saturated rings. The van der Waals surface area contributed by atoms with Gasteiger partial charge in [-0.1, -0.05) is 24.3 Å². The molecule has 0 atom stereocenters. The topological polar surface area (TPSA) is 95.9 Å². The Hall–Kier alpha value is -3.06. The van der Waals surface area contributed by atoms with E-state index in [1.807, 2.05) is 24.3 Å². The van der Waals surface area contributed by atoms with E-state index in [0.717, 1.165) is 16.8 Å². The van der Waals surface area contributed by atoms with Crippen LogP contribution < -0.4 is 5.73 Å². The highest BCUT2D eigenvalue weighted by atomic mass is 16.5. The minimum absolute atomic E-state index is 0.383. The van der Waals surface area contributed by atoms with E-state index >= 15 is 0 Å². The highest BCUT2D eigenvalue weighted by Crippen LogP contribution is 2.20. The van der Waals surface area contributed by atoms with Crippen molar-refractivity contribution in [3.05, 3.63) is 59.7 Å². The predicted molar refractivity (Wildman–Crippen MR) is 83.8 cm³/mol. The molecule has 3 rings (SSSR count). The Morgan fingerprint density at radius 2 is 1.83 bits per heavy atom. The van der Waals surface area contributed by atoms with Crippen LogP contribution in [0.15, 0.2) is 48.5 Å². The average Bonchev–Trinajstić information content (AvgIpc) is 3.11. The second-order valence-electron chi connectivity index (χ2n) is 4.85. The van der Waals surface area contributed by atoms with Crippen molar-refractivity contribution in [3.63, 3.8) is 0 Å². The molecule has 116 valence electrons. The maximum Gasteiger partial charge on any atom is 0.337 e. The summed E-state index contributed by atoms with van der Waals surface area (Å²) in [7, 11) is 1.35. The van der Waals surface area contributed by atoms with Crippen molar-refractivity contribution < 1.29 is 9.53 Å². The molecule has 23 heavy (non-hydrogen) atoms. The van der Waals surface area contributed by atoms with Crippen molar-refractivity contribution >= 4 is 5.97 Å². The van der Waals surface area contributed by atoms with E-state index in [-0.39, 0.29) is 5.97 Å². The van der Waals surface area contributed by atoms with Crippen LogP contribution in [-0.4, -0.2) is 33.3 Å². The molecule has 0 saturated carbocycles. The molecule has 7 heteroatoms. The van der Waals surface area contributed by atoms with Gasteiger partial charge in [0.2, 0.25) is 0 Å². The third-order valence-electron chi connectivity index (χ3n) is 3.45. The summed E-state index contributed by atoms with van der Waals surface area (Å²) in [6.07, 6.45) is 0. The SMILES string of the molecule is COC(=O)c1ccc(-n2nnnc2-c2ccc(CN)cc2)cc1. The first kappa shape index (κ1) is 14.9. The number of hydrogen-bond donors (Lipinski definition) is 1. The van der Waals surface area contributed by atoms with Crippen LogP contribution in [0, 0.1) is 0 Å². The summed E-state index contributed by atoms with van der Waals surface area (Å²) in [5.41, 5.74) is 8.74. The summed E-state index contributed by atoms with van der Waals surface area (Å²) < 4.78 is 6.30. The van der Waals surface area contributed by atoms with Gasteiger partial charge in [-0.25, -0.2) is 4.79 Å². The predicted octanol–water partition coefficient (Wildman–Crippen LogP) is 1.57. The molecule has 0 unspecified atom stereocenters. The fourth-order valence-corrected chi connectivity index (χ4v) is 2.19. The van der Waals surface area contributed by atoms with Gasteiger partial charge in [0.1, 0.15) is 0 Å². The normalized spacial score (nSPS) is 10.5. The van der Waals surface area contributed by atoms with Gasteiger partial charge >= 0.3 is 5.97 Å². The maximum absolute atomic E-state index is 11.5. The summed E-state index contributed by atoms with van der Waals surface area (Å²) in [4.78, 5) is 11.5. The first-order chi connectivity index (χ1) is 11.2. The Kier molecular flexibility index (Phi) is 4.11. The molecule has 0 amide bonds. The molecule has 1 heterocycles. The van der Waals surface area contributed by atoms with Gasteiger partial charge in [-0.2, -0.15) is 4.68 Å². The van der Waals surface area contributed by atoms with Crippen molar-refractivity contribution in [3.8, 4) is 17.1 Å². The lowest BCUT2D eigenvalue weighted by Gasteiger charge is -2.06. The molecule has 0 spiro atoms. The fourth-order valence-electron chi connectivity index (χ4n) is 2.19. The van der Waals surface area contributed by atoms with Crippen molar-refractivity contribution in [1.82, 2.24) is 20.2 Å². The number of rotatable bonds is 4. The molecule has 0 radical (unpaired) electrons. The summed E-state index contributed by atoms with van der Waals surface area (Å²) in [5.74, 6) is 0.227. The zero-order chi connectivity index (χ0) is 16.2. The highest BCUT2D eigenvalue weighted by molar-refractivity contribution is 5.89. The second-order valence-corrected chi connectivity index (χ2v) is 4.85. The molecule has 0 aliphatic rings. The quantitative estimate of drug-likeness (QED) is 0.735.